The van der Waals surface area contributed by atoms with Gasteiger partial charge in [0.2, 0.25) is 0 Å². The summed E-state index contributed by atoms with van der Waals surface area (Å²) in [6, 6.07) is 6.35. The predicted molar refractivity (Wildman–Crippen MR) is 44.6 cm³/mol. The van der Waals surface area contributed by atoms with E-state index in [2.05, 4.69) is 5.32 Å². The summed E-state index contributed by atoms with van der Waals surface area (Å²) in [5, 5.41) is 2.41. The molecule has 0 aliphatic carbocycles. The summed E-state index contributed by atoms with van der Waals surface area (Å²) in [6.07, 6.45) is 0. The fourth-order valence-electron chi connectivity index (χ4n) is 0.898. The number of rotatable bonds is 2. The van der Waals surface area contributed by atoms with Gasteiger partial charge in [-0.05, 0) is 12.1 Å². The maximum atomic E-state index is 12.1. The van der Waals surface area contributed by atoms with E-state index in [0.717, 1.165) is 0 Å². The molecule has 0 bridgehead atoms. The Morgan fingerprint density at radius 1 is 1.42 bits per heavy atom. The molecule has 0 aliphatic rings. The summed E-state index contributed by atoms with van der Waals surface area (Å²) in [5.74, 6) is -0.309. The number of nitrogens with one attached hydrogen (secondary N) is 2. The summed E-state index contributed by atoms with van der Waals surface area (Å²) in [7, 11) is 1.50. The summed E-state index contributed by atoms with van der Waals surface area (Å²) < 4.78 is 12.1. The molecule has 0 fully saturated rings. The molecule has 12 heavy (non-hydrogen) atoms. The van der Waals surface area contributed by atoms with Crippen LogP contribution in [0.1, 0.15) is 10.4 Å². The van der Waals surface area contributed by atoms with Crippen LogP contribution in [-0.4, -0.2) is 13.0 Å². The smallest absolute Gasteiger partial charge is 0.253 e. The van der Waals surface area contributed by atoms with E-state index in [1.54, 1.807) is 18.2 Å². The normalized spacial score (nSPS) is 9.17. The van der Waals surface area contributed by atoms with Gasteiger partial charge >= 0.3 is 0 Å². The third kappa shape index (κ3) is 1.53. The van der Waals surface area contributed by atoms with E-state index in [-0.39, 0.29) is 11.6 Å². The number of hydrogen-bond donors (Lipinski definition) is 2. The first kappa shape index (κ1) is 8.52. The largest absolute Gasteiger partial charge is 0.355 e. The minimum atomic E-state index is -0.309. The topological polar surface area (TPSA) is 41.1 Å². The molecule has 4 heteroatoms. The fraction of sp³-hybridized carbons (Fsp3) is 0.125. The number of benzene rings is 1. The van der Waals surface area contributed by atoms with Crippen LogP contribution >= 0.6 is 0 Å². The van der Waals surface area contributed by atoms with E-state index < -0.39 is 0 Å². The van der Waals surface area contributed by atoms with Gasteiger partial charge in [0.1, 0.15) is 0 Å². The molecule has 0 aromatic heterocycles. The van der Waals surface area contributed by atoms with Gasteiger partial charge in [-0.2, -0.15) is 0 Å². The first-order valence-corrected chi connectivity index (χ1v) is 3.47. The van der Waals surface area contributed by atoms with Crippen LogP contribution in [0, 0.1) is 0 Å². The van der Waals surface area contributed by atoms with Gasteiger partial charge in [0.15, 0.2) is 0 Å². The molecule has 3 nitrogen and oxygen atoms in total. The minimum Gasteiger partial charge on any atom is -0.355 e. The van der Waals surface area contributed by atoms with Crippen LogP contribution < -0.4 is 10.9 Å². The second-order valence-corrected chi connectivity index (χ2v) is 2.22. The van der Waals surface area contributed by atoms with Crippen LogP contribution in [0.15, 0.2) is 24.3 Å². The maximum absolute atomic E-state index is 12.1. The van der Waals surface area contributed by atoms with Crippen molar-refractivity contribution >= 4 is 11.6 Å². The van der Waals surface area contributed by atoms with Crippen LogP contribution in [0.25, 0.3) is 0 Å². The van der Waals surface area contributed by atoms with E-state index >= 15 is 0 Å². The minimum absolute atomic E-state index is 0.178. The van der Waals surface area contributed by atoms with Crippen molar-refractivity contribution in [1.29, 1.82) is 0 Å². The van der Waals surface area contributed by atoms with E-state index in [4.69, 9.17) is 0 Å². The molecule has 0 heterocycles. The molecular weight excluding hydrogens is 159 g/mol. The van der Waals surface area contributed by atoms with Crippen LogP contribution in [0.2, 0.25) is 0 Å². The second-order valence-electron chi connectivity index (χ2n) is 2.22. The first-order chi connectivity index (χ1) is 5.79. The predicted octanol–water partition coefficient (Wildman–Crippen LogP) is 1.34. The zero-order valence-electron chi connectivity index (χ0n) is 6.60. The summed E-state index contributed by atoms with van der Waals surface area (Å²) >= 11 is 0. The number of halogens is 1. The van der Waals surface area contributed by atoms with Crippen molar-refractivity contribution < 1.29 is 9.28 Å². The van der Waals surface area contributed by atoms with Crippen molar-refractivity contribution in [3.05, 3.63) is 29.8 Å². The zero-order valence-corrected chi connectivity index (χ0v) is 6.60. The van der Waals surface area contributed by atoms with Crippen molar-refractivity contribution in [2.45, 2.75) is 0 Å². The van der Waals surface area contributed by atoms with Crippen molar-refractivity contribution in [2.75, 3.05) is 12.6 Å². The van der Waals surface area contributed by atoms with Crippen molar-refractivity contribution in [3.8, 4) is 0 Å². The molecule has 0 atom stereocenters. The van der Waals surface area contributed by atoms with E-state index in [9.17, 15) is 9.28 Å². The average molecular weight is 168 g/mol. The summed E-state index contributed by atoms with van der Waals surface area (Å²) in [6.45, 7) is 0. The molecule has 0 radical (unpaired) electrons. The van der Waals surface area contributed by atoms with Crippen molar-refractivity contribution in [3.63, 3.8) is 0 Å². The molecule has 0 saturated heterocycles. The Balaban J connectivity index is 3.04. The highest BCUT2D eigenvalue weighted by molar-refractivity contribution is 5.99. The standard InChI is InChI=1S/C8H9FN2O/c1-10-8(12)6-4-2-3-5-7(6)11-9/h2-5,11H,1H3,(H,10,12). The molecule has 0 aliphatic heterocycles. The highest BCUT2D eigenvalue weighted by atomic mass is 19.2. The third-order valence-electron chi connectivity index (χ3n) is 1.50. The Morgan fingerprint density at radius 3 is 2.67 bits per heavy atom. The first-order valence-electron chi connectivity index (χ1n) is 3.47. The highest BCUT2D eigenvalue weighted by Crippen LogP contribution is 2.14. The van der Waals surface area contributed by atoms with E-state index in [1.165, 1.54) is 18.7 Å². The number of carbonyl (C=O) groups excluding carboxylic acids is 1. The lowest BCUT2D eigenvalue weighted by molar-refractivity contribution is 0.0963. The van der Waals surface area contributed by atoms with Gasteiger partial charge in [0, 0.05) is 7.05 Å². The molecule has 64 valence electrons. The van der Waals surface area contributed by atoms with Crippen molar-refractivity contribution in [1.82, 2.24) is 5.32 Å². The van der Waals surface area contributed by atoms with Crippen LogP contribution in [-0.2, 0) is 0 Å². The molecule has 1 aromatic carbocycles. The number of amides is 1. The van der Waals surface area contributed by atoms with Gasteiger partial charge in [0.25, 0.3) is 5.91 Å². The molecule has 0 saturated carbocycles. The molecular formula is C8H9FN2O. The van der Waals surface area contributed by atoms with Gasteiger partial charge in [-0.1, -0.05) is 12.1 Å². The molecule has 1 aromatic rings. The van der Waals surface area contributed by atoms with E-state index in [1.807, 2.05) is 0 Å². The number of anilines is 1. The quantitative estimate of drug-likeness (QED) is 0.654. The Labute approximate surface area is 69.5 Å². The third-order valence-corrected chi connectivity index (χ3v) is 1.50. The Morgan fingerprint density at radius 2 is 2.08 bits per heavy atom. The van der Waals surface area contributed by atoms with Gasteiger partial charge in [-0.15, -0.1) is 4.48 Å². The van der Waals surface area contributed by atoms with Crippen LogP contribution in [0.5, 0.6) is 0 Å². The lowest BCUT2D eigenvalue weighted by Gasteiger charge is -2.03. The number of carbonyl (C=O) groups is 1. The molecule has 1 amide bonds. The van der Waals surface area contributed by atoms with Crippen molar-refractivity contribution in [2.24, 2.45) is 0 Å². The van der Waals surface area contributed by atoms with Gasteiger partial charge < -0.3 is 5.32 Å². The number of hydrogen-bond acceptors (Lipinski definition) is 2. The van der Waals surface area contributed by atoms with Gasteiger partial charge in [-0.3, -0.25) is 4.79 Å². The average Bonchev–Trinajstić information content (AvgIpc) is 2.16. The number of para-hydroxylation sites is 1. The van der Waals surface area contributed by atoms with E-state index in [0.29, 0.717) is 5.56 Å². The summed E-state index contributed by atoms with van der Waals surface area (Å²) in [4.78, 5) is 11.1. The monoisotopic (exact) mass is 168 g/mol. The Hall–Kier alpha value is -1.58. The lowest BCUT2D eigenvalue weighted by Crippen LogP contribution is -2.18. The molecule has 0 spiro atoms. The molecule has 2 N–H and O–H groups in total. The SMILES string of the molecule is CNC(=O)c1ccccc1NF. The fourth-order valence-corrected chi connectivity index (χ4v) is 0.898. The second kappa shape index (κ2) is 3.71. The molecule has 1 rings (SSSR count). The van der Waals surface area contributed by atoms with Crippen LogP contribution in [0.4, 0.5) is 10.2 Å². The summed E-state index contributed by atoms with van der Waals surface area (Å²) in [5.41, 5.74) is 1.92. The van der Waals surface area contributed by atoms with Crippen LogP contribution in [0.3, 0.4) is 0 Å². The Bertz CT molecular complexity index is 288. The maximum Gasteiger partial charge on any atom is 0.253 e. The highest BCUT2D eigenvalue weighted by Gasteiger charge is 2.07. The lowest BCUT2D eigenvalue weighted by atomic mass is 10.2. The zero-order chi connectivity index (χ0) is 8.97. The van der Waals surface area contributed by atoms with Gasteiger partial charge in [-0.25, -0.2) is 5.54 Å². The molecule has 0 unspecified atom stereocenters. The van der Waals surface area contributed by atoms with Gasteiger partial charge in [0.05, 0.1) is 11.3 Å². The Kier molecular flexibility index (Phi) is 2.63.